The van der Waals surface area contributed by atoms with Crippen LogP contribution >= 0.6 is 34.5 Å². The van der Waals surface area contributed by atoms with E-state index >= 15 is 0 Å². The normalized spacial score (nSPS) is 15.4. The molecule has 192 valence electrons. The summed E-state index contributed by atoms with van der Waals surface area (Å²) in [5.74, 6) is -0.904. The van der Waals surface area contributed by atoms with Crippen molar-refractivity contribution in [3.63, 3.8) is 0 Å². The lowest BCUT2D eigenvalue weighted by atomic mass is 9.95. The van der Waals surface area contributed by atoms with E-state index in [-0.39, 0.29) is 23.7 Å². The molecule has 0 radical (unpaired) electrons. The molecule has 1 aliphatic rings. The second kappa shape index (κ2) is 11.0. The van der Waals surface area contributed by atoms with E-state index in [9.17, 15) is 14.4 Å². The van der Waals surface area contributed by atoms with E-state index in [1.165, 1.54) is 23.0 Å². The van der Waals surface area contributed by atoms with E-state index in [2.05, 4.69) is 4.99 Å². The zero-order valence-corrected chi connectivity index (χ0v) is 22.9. The average molecular weight is 559 g/mol. The van der Waals surface area contributed by atoms with Crippen LogP contribution in [0.15, 0.2) is 63.5 Å². The van der Waals surface area contributed by atoms with Gasteiger partial charge in [0, 0.05) is 10.0 Å². The SMILES string of the molecule is COC(=O)c1ccc(C2C(C(=O)OCC(C)C)=C(C)N=c3sc(=Cc4ccc(Cl)cc4Cl)c(=O)n32)cc1. The third kappa shape index (κ3) is 5.56. The fraction of sp³-hybridized carbons (Fsp3) is 0.259. The minimum atomic E-state index is -0.801. The van der Waals surface area contributed by atoms with Crippen LogP contribution in [0, 0.1) is 5.92 Å². The number of nitrogens with zero attached hydrogens (tertiary/aromatic N) is 2. The minimum absolute atomic E-state index is 0.132. The van der Waals surface area contributed by atoms with Gasteiger partial charge in [0.25, 0.3) is 5.56 Å². The van der Waals surface area contributed by atoms with Crippen LogP contribution in [0.25, 0.3) is 6.08 Å². The number of benzene rings is 2. The summed E-state index contributed by atoms with van der Waals surface area (Å²) in [5, 5.41) is 0.890. The second-order valence-corrected chi connectivity index (χ2v) is 10.7. The molecule has 0 saturated heterocycles. The highest BCUT2D eigenvalue weighted by atomic mass is 35.5. The zero-order chi connectivity index (χ0) is 26.9. The van der Waals surface area contributed by atoms with Gasteiger partial charge in [0.15, 0.2) is 4.80 Å². The number of methoxy groups -OCH3 is 1. The fourth-order valence-corrected chi connectivity index (χ4v) is 5.40. The van der Waals surface area contributed by atoms with E-state index in [1.807, 2.05) is 13.8 Å². The molecule has 2 aromatic carbocycles. The van der Waals surface area contributed by atoms with Crippen molar-refractivity contribution in [2.24, 2.45) is 10.9 Å². The third-order valence-corrected chi connectivity index (χ3v) is 7.23. The van der Waals surface area contributed by atoms with Gasteiger partial charge in [-0.2, -0.15) is 0 Å². The molecule has 0 aliphatic carbocycles. The first kappa shape index (κ1) is 26.9. The van der Waals surface area contributed by atoms with Crippen LogP contribution in [0.3, 0.4) is 0 Å². The Balaban J connectivity index is 1.90. The second-order valence-electron chi connectivity index (χ2n) is 8.85. The molecule has 4 rings (SSSR count). The number of esters is 2. The summed E-state index contributed by atoms with van der Waals surface area (Å²) in [4.78, 5) is 43.9. The van der Waals surface area contributed by atoms with Crippen molar-refractivity contribution in [2.75, 3.05) is 13.7 Å². The van der Waals surface area contributed by atoms with E-state index < -0.39 is 18.0 Å². The van der Waals surface area contributed by atoms with E-state index in [0.717, 1.165) is 0 Å². The van der Waals surface area contributed by atoms with E-state index in [1.54, 1.807) is 55.5 Å². The number of thiazole rings is 1. The lowest BCUT2D eigenvalue weighted by Gasteiger charge is -2.25. The number of allylic oxidation sites excluding steroid dienone is 1. The molecule has 3 aromatic rings. The molecule has 7 nitrogen and oxygen atoms in total. The van der Waals surface area contributed by atoms with Crippen molar-refractivity contribution < 1.29 is 19.1 Å². The predicted molar refractivity (Wildman–Crippen MR) is 144 cm³/mol. The van der Waals surface area contributed by atoms with Gasteiger partial charge in [0.1, 0.15) is 0 Å². The molecular formula is C27H24Cl2N2O5S. The molecule has 2 heterocycles. The van der Waals surface area contributed by atoms with Crippen LogP contribution in [0.4, 0.5) is 0 Å². The van der Waals surface area contributed by atoms with Gasteiger partial charge in [-0.1, -0.05) is 66.6 Å². The van der Waals surface area contributed by atoms with Crippen LogP contribution in [-0.4, -0.2) is 30.2 Å². The number of hydrogen-bond donors (Lipinski definition) is 0. The summed E-state index contributed by atoms with van der Waals surface area (Å²) in [6.07, 6.45) is 1.68. The highest BCUT2D eigenvalue weighted by molar-refractivity contribution is 7.07. The molecule has 0 N–H and O–H groups in total. The molecule has 0 bridgehead atoms. The first-order valence-corrected chi connectivity index (χ1v) is 13.0. The standard InChI is InChI=1S/C27H24Cl2N2O5S/c1-14(2)13-36-26(34)22-15(3)30-27-31(23(22)16-5-7-17(8-6-16)25(33)35-4)24(32)21(37-27)11-18-9-10-19(28)12-20(18)29/h5-12,14,23H,13H2,1-4H3. The third-order valence-electron chi connectivity index (χ3n) is 5.69. The minimum Gasteiger partial charge on any atom is -0.465 e. The predicted octanol–water partition coefficient (Wildman–Crippen LogP) is 4.53. The Morgan fingerprint density at radius 3 is 2.46 bits per heavy atom. The number of carbonyl (C=O) groups excluding carboxylic acids is 2. The number of rotatable bonds is 6. The average Bonchev–Trinajstić information content (AvgIpc) is 3.17. The van der Waals surface area contributed by atoms with Gasteiger partial charge >= 0.3 is 11.9 Å². The molecule has 37 heavy (non-hydrogen) atoms. The van der Waals surface area contributed by atoms with Gasteiger partial charge in [-0.15, -0.1) is 0 Å². The quantitative estimate of drug-likeness (QED) is 0.415. The number of carbonyl (C=O) groups is 2. The van der Waals surface area contributed by atoms with Crippen molar-refractivity contribution in [2.45, 2.75) is 26.8 Å². The topological polar surface area (TPSA) is 87.0 Å². The van der Waals surface area contributed by atoms with Crippen molar-refractivity contribution in [3.05, 3.63) is 100 Å². The summed E-state index contributed by atoms with van der Waals surface area (Å²) < 4.78 is 12.2. The summed E-state index contributed by atoms with van der Waals surface area (Å²) >= 11 is 13.5. The van der Waals surface area contributed by atoms with Gasteiger partial charge < -0.3 is 9.47 Å². The Labute approximate surface area is 227 Å². The molecule has 0 saturated carbocycles. The molecule has 0 amide bonds. The number of hydrogen-bond acceptors (Lipinski definition) is 7. The van der Waals surface area contributed by atoms with Crippen LogP contribution in [0.1, 0.15) is 48.3 Å². The molecule has 0 spiro atoms. The molecule has 1 aromatic heterocycles. The summed E-state index contributed by atoms with van der Waals surface area (Å²) in [7, 11) is 1.30. The smallest absolute Gasteiger partial charge is 0.338 e. The molecule has 1 unspecified atom stereocenters. The first-order chi connectivity index (χ1) is 17.6. The zero-order valence-electron chi connectivity index (χ0n) is 20.6. The van der Waals surface area contributed by atoms with Crippen LogP contribution in [0.5, 0.6) is 0 Å². The van der Waals surface area contributed by atoms with E-state index in [4.69, 9.17) is 32.7 Å². The molecular weight excluding hydrogens is 535 g/mol. The van der Waals surface area contributed by atoms with Crippen molar-refractivity contribution in [1.82, 2.24) is 4.57 Å². The Bertz CT molecular complexity index is 1590. The Morgan fingerprint density at radius 1 is 1.14 bits per heavy atom. The summed E-state index contributed by atoms with van der Waals surface area (Å²) in [5.41, 5.74) is 1.97. The molecule has 1 aliphatic heterocycles. The first-order valence-electron chi connectivity index (χ1n) is 11.4. The summed E-state index contributed by atoms with van der Waals surface area (Å²) in [6, 6.07) is 10.8. The molecule has 10 heteroatoms. The largest absolute Gasteiger partial charge is 0.465 e. The summed E-state index contributed by atoms with van der Waals surface area (Å²) in [6.45, 7) is 5.82. The number of halogens is 2. The Morgan fingerprint density at radius 2 is 1.84 bits per heavy atom. The monoisotopic (exact) mass is 558 g/mol. The maximum absolute atomic E-state index is 13.7. The lowest BCUT2D eigenvalue weighted by Crippen LogP contribution is -2.40. The van der Waals surface area contributed by atoms with Gasteiger partial charge in [-0.05, 0) is 54.3 Å². The maximum Gasteiger partial charge on any atom is 0.338 e. The van der Waals surface area contributed by atoms with Gasteiger partial charge in [0.05, 0.1) is 41.1 Å². The Kier molecular flexibility index (Phi) is 8.02. The Hall–Kier alpha value is -3.20. The lowest BCUT2D eigenvalue weighted by molar-refractivity contribution is -0.140. The highest BCUT2D eigenvalue weighted by Crippen LogP contribution is 2.31. The van der Waals surface area contributed by atoms with Crippen molar-refractivity contribution >= 4 is 52.6 Å². The molecule has 0 fully saturated rings. The van der Waals surface area contributed by atoms with Gasteiger partial charge in [-0.25, -0.2) is 14.6 Å². The number of fused-ring (bicyclic) bond motifs is 1. The fourth-order valence-electron chi connectivity index (χ4n) is 3.90. The van der Waals surface area contributed by atoms with Gasteiger partial charge in [0.2, 0.25) is 0 Å². The number of aromatic nitrogens is 1. The van der Waals surface area contributed by atoms with Crippen LogP contribution < -0.4 is 14.9 Å². The highest BCUT2D eigenvalue weighted by Gasteiger charge is 2.33. The van der Waals surface area contributed by atoms with Crippen LogP contribution in [-0.2, 0) is 14.3 Å². The van der Waals surface area contributed by atoms with Crippen LogP contribution in [0.2, 0.25) is 10.0 Å². The van der Waals surface area contributed by atoms with Crippen molar-refractivity contribution in [1.29, 1.82) is 0 Å². The maximum atomic E-state index is 13.7. The van der Waals surface area contributed by atoms with Crippen molar-refractivity contribution in [3.8, 4) is 0 Å². The van der Waals surface area contributed by atoms with E-state index in [0.29, 0.717) is 41.8 Å². The van der Waals surface area contributed by atoms with Gasteiger partial charge in [-0.3, -0.25) is 9.36 Å². The number of ether oxygens (including phenoxy) is 2. The molecule has 1 atom stereocenters.